The standard InChI is InChI=1S/C20H25N3O/c1-15(20(24)17-8-6-5-7-9-17)23(4)19(14-21)16-10-12-18(13-11-16)22(2)3/h5-13,15,19-20,24H,1-4H3/t15-,19?,20+/m1/s1. The van der Waals surface area contributed by atoms with Crippen LogP contribution in [0.2, 0.25) is 0 Å². The number of benzene rings is 2. The van der Waals surface area contributed by atoms with Gasteiger partial charge in [0.25, 0.3) is 0 Å². The molecule has 0 spiro atoms. The minimum Gasteiger partial charge on any atom is -0.387 e. The van der Waals surface area contributed by atoms with Crippen LogP contribution >= 0.6 is 0 Å². The third-order valence-corrected chi connectivity index (χ3v) is 4.50. The number of nitrogens with zero attached hydrogens (tertiary/aromatic N) is 3. The summed E-state index contributed by atoms with van der Waals surface area (Å²) in [5, 5.41) is 20.3. The zero-order chi connectivity index (χ0) is 17.7. The van der Waals surface area contributed by atoms with Crippen molar-refractivity contribution in [3.8, 4) is 6.07 Å². The van der Waals surface area contributed by atoms with Gasteiger partial charge >= 0.3 is 0 Å². The molecule has 0 saturated carbocycles. The molecule has 1 N–H and O–H groups in total. The van der Waals surface area contributed by atoms with Gasteiger partial charge < -0.3 is 10.0 Å². The number of hydrogen-bond donors (Lipinski definition) is 1. The Morgan fingerprint density at radius 1 is 0.917 bits per heavy atom. The fourth-order valence-corrected chi connectivity index (χ4v) is 2.74. The minimum atomic E-state index is -0.645. The van der Waals surface area contributed by atoms with Crippen LogP contribution in [0.3, 0.4) is 0 Å². The fraction of sp³-hybridized carbons (Fsp3) is 0.350. The molecular formula is C20H25N3O. The summed E-state index contributed by atoms with van der Waals surface area (Å²) in [6, 6.07) is 19.3. The van der Waals surface area contributed by atoms with Gasteiger partial charge in [0.2, 0.25) is 0 Å². The van der Waals surface area contributed by atoms with E-state index in [0.29, 0.717) is 0 Å². The summed E-state index contributed by atoms with van der Waals surface area (Å²) in [4.78, 5) is 3.94. The number of rotatable bonds is 6. The Morgan fingerprint density at radius 3 is 2.00 bits per heavy atom. The number of nitriles is 1. The van der Waals surface area contributed by atoms with Gasteiger partial charge in [0.15, 0.2) is 0 Å². The molecule has 4 nitrogen and oxygen atoms in total. The highest BCUT2D eigenvalue weighted by atomic mass is 16.3. The lowest BCUT2D eigenvalue weighted by atomic mass is 9.99. The first kappa shape index (κ1) is 18.0. The molecule has 4 heteroatoms. The Hall–Kier alpha value is -2.35. The van der Waals surface area contributed by atoms with E-state index in [1.165, 1.54) is 0 Å². The molecule has 0 saturated heterocycles. The van der Waals surface area contributed by atoms with Gasteiger partial charge in [-0.25, -0.2) is 0 Å². The van der Waals surface area contributed by atoms with Gasteiger partial charge in [-0.2, -0.15) is 5.26 Å². The molecule has 0 amide bonds. The predicted octanol–water partition coefficient (Wildman–Crippen LogP) is 3.37. The molecule has 3 atom stereocenters. The Bertz CT molecular complexity index is 676. The van der Waals surface area contributed by atoms with Crippen molar-refractivity contribution in [3.63, 3.8) is 0 Å². The van der Waals surface area contributed by atoms with E-state index >= 15 is 0 Å². The van der Waals surface area contributed by atoms with Gasteiger partial charge in [-0.05, 0) is 37.2 Å². The Labute approximate surface area is 144 Å². The van der Waals surface area contributed by atoms with Crippen LogP contribution in [0.25, 0.3) is 0 Å². The Kier molecular flexibility index (Phi) is 5.97. The monoisotopic (exact) mass is 323 g/mol. The van der Waals surface area contributed by atoms with Crippen LogP contribution < -0.4 is 4.90 Å². The molecule has 0 aliphatic carbocycles. The van der Waals surface area contributed by atoms with E-state index in [1.807, 2.05) is 92.5 Å². The number of aliphatic hydroxyl groups excluding tert-OH is 1. The van der Waals surface area contributed by atoms with Gasteiger partial charge in [-0.15, -0.1) is 0 Å². The van der Waals surface area contributed by atoms with Crippen molar-refractivity contribution in [2.45, 2.75) is 25.1 Å². The van der Waals surface area contributed by atoms with E-state index in [0.717, 1.165) is 16.8 Å². The second kappa shape index (κ2) is 7.96. The quantitative estimate of drug-likeness (QED) is 0.885. The van der Waals surface area contributed by atoms with Gasteiger partial charge in [-0.1, -0.05) is 42.5 Å². The van der Waals surface area contributed by atoms with E-state index in [2.05, 4.69) is 6.07 Å². The van der Waals surface area contributed by atoms with Crippen LogP contribution in [0.1, 0.15) is 30.2 Å². The molecule has 0 radical (unpaired) electrons. The average molecular weight is 323 g/mol. The molecular weight excluding hydrogens is 298 g/mol. The lowest BCUT2D eigenvalue weighted by Crippen LogP contribution is -2.37. The van der Waals surface area contributed by atoms with Crippen molar-refractivity contribution in [2.75, 3.05) is 26.0 Å². The first-order valence-electron chi connectivity index (χ1n) is 8.07. The summed E-state index contributed by atoms with van der Waals surface area (Å²) in [7, 11) is 5.85. The Morgan fingerprint density at radius 2 is 1.50 bits per heavy atom. The van der Waals surface area contributed by atoms with Crippen molar-refractivity contribution in [3.05, 3.63) is 65.7 Å². The number of aliphatic hydroxyl groups is 1. The smallest absolute Gasteiger partial charge is 0.123 e. The maximum atomic E-state index is 10.6. The number of likely N-dealkylation sites (N-methyl/N-ethyl adjacent to an activating group) is 1. The number of hydrogen-bond acceptors (Lipinski definition) is 4. The second-order valence-corrected chi connectivity index (χ2v) is 6.28. The molecule has 2 rings (SSSR count). The predicted molar refractivity (Wildman–Crippen MR) is 97.7 cm³/mol. The number of anilines is 1. The molecule has 0 aliphatic heterocycles. The van der Waals surface area contributed by atoms with Crippen molar-refractivity contribution >= 4 is 5.69 Å². The molecule has 2 aromatic rings. The lowest BCUT2D eigenvalue weighted by Gasteiger charge is -2.32. The minimum absolute atomic E-state index is 0.189. The lowest BCUT2D eigenvalue weighted by molar-refractivity contribution is 0.0605. The summed E-state index contributed by atoms with van der Waals surface area (Å²) < 4.78 is 0. The summed E-state index contributed by atoms with van der Waals surface area (Å²) in [5.74, 6) is 0. The molecule has 1 unspecified atom stereocenters. The molecule has 0 aliphatic rings. The van der Waals surface area contributed by atoms with Crippen LogP contribution in [0, 0.1) is 11.3 Å². The third kappa shape index (κ3) is 3.94. The molecule has 0 heterocycles. The maximum Gasteiger partial charge on any atom is 0.123 e. The van der Waals surface area contributed by atoms with E-state index in [4.69, 9.17) is 0 Å². The molecule has 0 fully saturated rings. The second-order valence-electron chi connectivity index (χ2n) is 6.28. The summed E-state index contributed by atoms with van der Waals surface area (Å²) in [5.41, 5.74) is 2.88. The summed E-state index contributed by atoms with van der Waals surface area (Å²) >= 11 is 0. The largest absolute Gasteiger partial charge is 0.387 e. The van der Waals surface area contributed by atoms with Crippen molar-refractivity contribution in [1.29, 1.82) is 5.26 Å². The molecule has 24 heavy (non-hydrogen) atoms. The first-order chi connectivity index (χ1) is 11.5. The van der Waals surface area contributed by atoms with Crippen molar-refractivity contribution in [1.82, 2.24) is 4.90 Å². The van der Waals surface area contributed by atoms with E-state index in [9.17, 15) is 10.4 Å². The summed E-state index contributed by atoms with van der Waals surface area (Å²) in [6.45, 7) is 1.94. The van der Waals surface area contributed by atoms with E-state index in [1.54, 1.807) is 0 Å². The van der Waals surface area contributed by atoms with Gasteiger partial charge in [0, 0.05) is 25.8 Å². The van der Waals surface area contributed by atoms with Crippen molar-refractivity contribution < 1.29 is 5.11 Å². The van der Waals surface area contributed by atoms with Gasteiger partial charge in [0.05, 0.1) is 12.2 Å². The molecule has 0 bridgehead atoms. The van der Waals surface area contributed by atoms with Crippen molar-refractivity contribution in [2.24, 2.45) is 0 Å². The molecule has 0 aromatic heterocycles. The highest BCUT2D eigenvalue weighted by Crippen LogP contribution is 2.28. The van der Waals surface area contributed by atoms with Crippen LogP contribution in [0.15, 0.2) is 54.6 Å². The third-order valence-electron chi connectivity index (χ3n) is 4.50. The normalized spacial score (nSPS) is 14.7. The average Bonchev–Trinajstić information content (AvgIpc) is 2.62. The van der Waals surface area contributed by atoms with Gasteiger partial charge in [0.1, 0.15) is 6.04 Å². The van der Waals surface area contributed by atoms with Crippen LogP contribution in [-0.4, -0.2) is 37.2 Å². The maximum absolute atomic E-state index is 10.6. The highest BCUT2D eigenvalue weighted by Gasteiger charge is 2.27. The van der Waals surface area contributed by atoms with E-state index < -0.39 is 12.1 Å². The SMILES string of the molecule is C[C@H]([C@H](O)c1ccccc1)N(C)C(C#N)c1ccc(N(C)C)cc1. The highest BCUT2D eigenvalue weighted by molar-refractivity contribution is 5.47. The molecule has 126 valence electrons. The Balaban J connectivity index is 2.19. The zero-order valence-electron chi connectivity index (χ0n) is 14.7. The first-order valence-corrected chi connectivity index (χ1v) is 8.07. The summed E-state index contributed by atoms with van der Waals surface area (Å²) in [6.07, 6.45) is -0.645. The topological polar surface area (TPSA) is 50.5 Å². The van der Waals surface area contributed by atoms with E-state index in [-0.39, 0.29) is 6.04 Å². The van der Waals surface area contributed by atoms with Crippen LogP contribution in [0.4, 0.5) is 5.69 Å². The fourth-order valence-electron chi connectivity index (χ4n) is 2.74. The molecule has 2 aromatic carbocycles. The van der Waals surface area contributed by atoms with Crippen LogP contribution in [-0.2, 0) is 0 Å². The van der Waals surface area contributed by atoms with Gasteiger partial charge in [-0.3, -0.25) is 4.90 Å². The van der Waals surface area contributed by atoms with Crippen LogP contribution in [0.5, 0.6) is 0 Å². The zero-order valence-corrected chi connectivity index (χ0v) is 14.7.